The van der Waals surface area contributed by atoms with E-state index in [0.29, 0.717) is 6.42 Å². The Hall–Kier alpha value is -1.35. The van der Waals surface area contributed by atoms with Crippen molar-refractivity contribution < 1.29 is 9.90 Å². The van der Waals surface area contributed by atoms with Crippen molar-refractivity contribution in [3.63, 3.8) is 0 Å². The molecule has 0 aliphatic rings. The molecule has 0 unspecified atom stereocenters. The molecule has 0 bridgehead atoms. The van der Waals surface area contributed by atoms with Crippen LogP contribution in [0, 0.1) is 6.92 Å². The number of hydrogen-bond donors (Lipinski definition) is 2. The average Bonchev–Trinajstić information content (AvgIpc) is 2.26. The summed E-state index contributed by atoms with van der Waals surface area (Å²) in [6, 6.07) is 8.22. The third-order valence-electron chi connectivity index (χ3n) is 2.58. The van der Waals surface area contributed by atoms with Gasteiger partial charge < -0.3 is 10.8 Å². The largest absolute Gasteiger partial charge is 0.481 e. The number of aliphatic carboxylic acids is 1. The molecule has 0 fully saturated rings. The molecule has 0 heterocycles. The second kappa shape index (κ2) is 7.88. The van der Waals surface area contributed by atoms with Crippen LogP contribution in [-0.4, -0.2) is 11.1 Å². The van der Waals surface area contributed by atoms with Crippen LogP contribution >= 0.6 is 0 Å². The Bertz CT molecular complexity index is 367. The maximum absolute atomic E-state index is 9.76. The van der Waals surface area contributed by atoms with E-state index in [-0.39, 0.29) is 5.54 Å². The molecule has 3 heteroatoms. The van der Waals surface area contributed by atoms with Gasteiger partial charge in [-0.1, -0.05) is 37.6 Å². The van der Waals surface area contributed by atoms with E-state index >= 15 is 0 Å². The standard InChI is InChI=1S/C10H15N.C5H10O2/c1-8-6-4-5-7-9(8)10(2,3)11;1-2-3-4-5(6)7/h4-7H,11H2,1-3H3;2-4H2,1H3,(H,6,7). The second-order valence-corrected chi connectivity index (χ2v) is 5.03. The van der Waals surface area contributed by atoms with Crippen molar-refractivity contribution in [1.82, 2.24) is 0 Å². The fourth-order valence-electron chi connectivity index (χ4n) is 1.62. The highest BCUT2D eigenvalue weighted by Crippen LogP contribution is 2.19. The van der Waals surface area contributed by atoms with Crippen molar-refractivity contribution in [3.8, 4) is 0 Å². The average molecular weight is 251 g/mol. The zero-order valence-corrected chi connectivity index (χ0v) is 11.9. The van der Waals surface area contributed by atoms with Crippen molar-refractivity contribution >= 4 is 5.97 Å². The summed E-state index contributed by atoms with van der Waals surface area (Å²) in [6.45, 7) is 8.11. The first-order valence-electron chi connectivity index (χ1n) is 6.35. The summed E-state index contributed by atoms with van der Waals surface area (Å²) in [5.74, 6) is -0.693. The molecule has 1 aromatic carbocycles. The van der Waals surface area contributed by atoms with E-state index in [1.54, 1.807) is 0 Å². The highest BCUT2D eigenvalue weighted by atomic mass is 16.4. The van der Waals surface area contributed by atoms with E-state index < -0.39 is 5.97 Å². The van der Waals surface area contributed by atoms with Gasteiger partial charge in [0, 0.05) is 12.0 Å². The second-order valence-electron chi connectivity index (χ2n) is 5.03. The molecule has 3 nitrogen and oxygen atoms in total. The lowest BCUT2D eigenvalue weighted by molar-refractivity contribution is -0.137. The summed E-state index contributed by atoms with van der Waals surface area (Å²) >= 11 is 0. The third-order valence-corrected chi connectivity index (χ3v) is 2.58. The zero-order chi connectivity index (χ0) is 14.2. The molecule has 0 amide bonds. The lowest BCUT2D eigenvalue weighted by atomic mass is 9.92. The maximum Gasteiger partial charge on any atom is 0.303 e. The van der Waals surface area contributed by atoms with Gasteiger partial charge in [-0.2, -0.15) is 0 Å². The zero-order valence-electron chi connectivity index (χ0n) is 11.9. The molecule has 0 aliphatic heterocycles. The summed E-state index contributed by atoms with van der Waals surface area (Å²) in [5.41, 5.74) is 8.23. The van der Waals surface area contributed by atoms with Crippen LogP contribution in [0.2, 0.25) is 0 Å². The van der Waals surface area contributed by atoms with Crippen molar-refractivity contribution in [2.75, 3.05) is 0 Å². The van der Waals surface area contributed by atoms with Gasteiger partial charge in [0.1, 0.15) is 0 Å². The molecule has 18 heavy (non-hydrogen) atoms. The van der Waals surface area contributed by atoms with E-state index in [1.165, 1.54) is 11.1 Å². The number of benzene rings is 1. The fourth-order valence-corrected chi connectivity index (χ4v) is 1.62. The topological polar surface area (TPSA) is 63.3 Å². The highest BCUT2D eigenvalue weighted by molar-refractivity contribution is 5.66. The number of carbonyl (C=O) groups is 1. The number of rotatable bonds is 4. The molecule has 0 atom stereocenters. The lowest BCUT2D eigenvalue weighted by Crippen LogP contribution is -2.29. The van der Waals surface area contributed by atoms with Crippen LogP contribution in [0.5, 0.6) is 0 Å². The van der Waals surface area contributed by atoms with Crippen LogP contribution in [0.1, 0.15) is 51.2 Å². The summed E-state index contributed by atoms with van der Waals surface area (Å²) in [5, 5.41) is 8.04. The molecule has 1 aromatic rings. The molecule has 0 saturated carbocycles. The Morgan fingerprint density at radius 1 is 1.33 bits per heavy atom. The number of nitrogens with two attached hydrogens (primary N) is 1. The van der Waals surface area contributed by atoms with Crippen molar-refractivity contribution in [3.05, 3.63) is 35.4 Å². The SMILES string of the molecule is CCCCC(=O)O.Cc1ccccc1C(C)(C)N. The van der Waals surface area contributed by atoms with Crippen molar-refractivity contribution in [1.29, 1.82) is 0 Å². The Balaban J connectivity index is 0.000000360. The van der Waals surface area contributed by atoms with E-state index in [2.05, 4.69) is 19.1 Å². The van der Waals surface area contributed by atoms with Crippen LogP contribution in [0.25, 0.3) is 0 Å². The van der Waals surface area contributed by atoms with Gasteiger partial charge in [0.25, 0.3) is 0 Å². The minimum absolute atomic E-state index is 0.217. The molecular formula is C15H25NO2. The minimum Gasteiger partial charge on any atom is -0.481 e. The van der Waals surface area contributed by atoms with E-state index in [4.69, 9.17) is 10.8 Å². The van der Waals surface area contributed by atoms with Gasteiger partial charge in [-0.05, 0) is 38.3 Å². The minimum atomic E-state index is -0.693. The first-order valence-corrected chi connectivity index (χ1v) is 6.35. The first-order chi connectivity index (χ1) is 8.29. The van der Waals surface area contributed by atoms with E-state index in [0.717, 1.165) is 12.8 Å². The number of carboxylic acids is 1. The third kappa shape index (κ3) is 7.07. The number of aryl methyl sites for hydroxylation is 1. The summed E-state index contributed by atoms with van der Waals surface area (Å²) in [4.78, 5) is 9.76. The van der Waals surface area contributed by atoms with E-state index in [9.17, 15) is 4.79 Å². The molecule has 3 N–H and O–H groups in total. The van der Waals surface area contributed by atoms with Crippen LogP contribution in [0.4, 0.5) is 0 Å². The van der Waals surface area contributed by atoms with Crippen LogP contribution < -0.4 is 5.73 Å². The van der Waals surface area contributed by atoms with Crippen molar-refractivity contribution in [2.24, 2.45) is 5.73 Å². The Kier molecular flexibility index (Phi) is 7.29. The van der Waals surface area contributed by atoms with Gasteiger partial charge >= 0.3 is 5.97 Å². The van der Waals surface area contributed by atoms with Crippen LogP contribution in [0.15, 0.2) is 24.3 Å². The quantitative estimate of drug-likeness (QED) is 0.861. The number of unbranched alkanes of at least 4 members (excludes halogenated alkanes) is 1. The Morgan fingerprint density at radius 3 is 2.17 bits per heavy atom. The number of carboxylic acid groups (broad SMARTS) is 1. The van der Waals surface area contributed by atoms with Gasteiger partial charge in [-0.3, -0.25) is 4.79 Å². The number of hydrogen-bond acceptors (Lipinski definition) is 2. The molecule has 0 aliphatic carbocycles. The highest BCUT2D eigenvalue weighted by Gasteiger charge is 2.14. The summed E-state index contributed by atoms with van der Waals surface area (Å²) in [6.07, 6.45) is 2.08. The molecule has 0 aromatic heterocycles. The normalized spacial score (nSPS) is 10.5. The predicted octanol–water partition coefficient (Wildman–Crippen LogP) is 3.45. The fraction of sp³-hybridized carbons (Fsp3) is 0.533. The monoisotopic (exact) mass is 251 g/mol. The molecular weight excluding hydrogens is 226 g/mol. The van der Waals surface area contributed by atoms with E-state index in [1.807, 2.05) is 32.9 Å². The van der Waals surface area contributed by atoms with Gasteiger partial charge in [0.15, 0.2) is 0 Å². The first kappa shape index (κ1) is 16.6. The van der Waals surface area contributed by atoms with Gasteiger partial charge in [-0.25, -0.2) is 0 Å². The Morgan fingerprint density at radius 2 is 1.89 bits per heavy atom. The maximum atomic E-state index is 9.76. The predicted molar refractivity (Wildman–Crippen MR) is 75.6 cm³/mol. The Labute approximate surface area is 110 Å². The molecule has 1 rings (SSSR count). The molecule has 0 spiro atoms. The molecule has 102 valence electrons. The smallest absolute Gasteiger partial charge is 0.303 e. The van der Waals surface area contributed by atoms with Crippen molar-refractivity contribution in [2.45, 2.75) is 52.5 Å². The van der Waals surface area contributed by atoms with Crippen LogP contribution in [0.3, 0.4) is 0 Å². The van der Waals surface area contributed by atoms with Gasteiger partial charge in [-0.15, -0.1) is 0 Å². The lowest BCUT2D eigenvalue weighted by Gasteiger charge is -2.21. The van der Waals surface area contributed by atoms with Crippen LogP contribution in [-0.2, 0) is 10.3 Å². The van der Waals surface area contributed by atoms with Gasteiger partial charge in [0.05, 0.1) is 0 Å². The summed E-state index contributed by atoms with van der Waals surface area (Å²) < 4.78 is 0. The summed E-state index contributed by atoms with van der Waals surface area (Å²) in [7, 11) is 0. The molecule has 0 radical (unpaired) electrons. The molecule has 0 saturated heterocycles. The van der Waals surface area contributed by atoms with Gasteiger partial charge in [0.2, 0.25) is 0 Å².